The lowest BCUT2D eigenvalue weighted by Crippen LogP contribution is -2.22. The summed E-state index contributed by atoms with van der Waals surface area (Å²) in [6.07, 6.45) is -0.356. The van der Waals surface area contributed by atoms with Crippen molar-refractivity contribution in [3.8, 4) is 11.5 Å². The Balaban J connectivity index is 2.12. The summed E-state index contributed by atoms with van der Waals surface area (Å²) in [5.74, 6) is 1.12. The molecule has 116 valence electrons. The summed E-state index contributed by atoms with van der Waals surface area (Å²) in [6, 6.07) is 11.6. The molecule has 2 aromatic rings. The lowest BCUT2D eigenvalue weighted by atomic mass is 10.1. The molecule has 0 aliphatic heterocycles. The molecule has 0 saturated heterocycles. The minimum absolute atomic E-state index is 0.273. The number of methoxy groups -OCH3 is 1. The second-order valence-electron chi connectivity index (χ2n) is 5.12. The normalized spacial score (nSPS) is 11.8. The topological polar surface area (TPSA) is 44.8 Å². The Hall–Kier alpha value is -2.49. The van der Waals surface area contributed by atoms with Crippen LogP contribution in [0.25, 0.3) is 10.8 Å². The van der Waals surface area contributed by atoms with Crippen LogP contribution in [0.5, 0.6) is 11.5 Å². The second kappa shape index (κ2) is 6.98. The monoisotopic (exact) mass is 300 g/mol. The highest BCUT2D eigenvalue weighted by Gasteiger charge is 2.12. The number of carbonyl (C=O) groups excluding carboxylic acids is 1. The van der Waals surface area contributed by atoms with Crippen molar-refractivity contribution in [2.75, 3.05) is 13.7 Å². The first-order valence-electron chi connectivity index (χ1n) is 7.08. The molecule has 1 atom stereocenters. The zero-order valence-corrected chi connectivity index (χ0v) is 13.1. The molecule has 1 unspecified atom stereocenters. The van der Waals surface area contributed by atoms with E-state index < -0.39 is 5.97 Å². The summed E-state index contributed by atoms with van der Waals surface area (Å²) in [5.41, 5.74) is 0.377. The van der Waals surface area contributed by atoms with E-state index in [4.69, 9.17) is 14.2 Å². The molecule has 0 bridgehead atoms. The van der Waals surface area contributed by atoms with Crippen molar-refractivity contribution in [2.24, 2.45) is 0 Å². The number of benzene rings is 2. The fourth-order valence-electron chi connectivity index (χ4n) is 2.07. The molecule has 0 aliphatic rings. The molecule has 0 spiro atoms. The van der Waals surface area contributed by atoms with Gasteiger partial charge in [-0.2, -0.15) is 0 Å². The molecule has 4 nitrogen and oxygen atoms in total. The van der Waals surface area contributed by atoms with Crippen LogP contribution in [0, 0.1) is 0 Å². The Morgan fingerprint density at radius 3 is 2.32 bits per heavy atom. The molecule has 0 N–H and O–H groups in total. The number of ether oxygens (including phenoxy) is 3. The third-order valence-electron chi connectivity index (χ3n) is 3.19. The van der Waals surface area contributed by atoms with Gasteiger partial charge >= 0.3 is 5.97 Å². The molecule has 0 radical (unpaired) electrons. The van der Waals surface area contributed by atoms with Crippen molar-refractivity contribution < 1.29 is 19.0 Å². The van der Waals surface area contributed by atoms with Gasteiger partial charge in [0.2, 0.25) is 0 Å². The third kappa shape index (κ3) is 3.58. The van der Waals surface area contributed by atoms with Crippen LogP contribution in [0.1, 0.15) is 13.8 Å². The standard InChI is InChI=1S/C18H20O4/c1-12(2)18(19)22-13(3)11-21-17-10-9-16(20-4)14-7-5-6-8-15(14)17/h5-10,13H,1,11H2,2-4H3. The number of fused-ring (bicyclic) bond motifs is 1. The minimum Gasteiger partial charge on any atom is -0.496 e. The summed E-state index contributed by atoms with van der Waals surface area (Å²) in [7, 11) is 1.64. The van der Waals surface area contributed by atoms with Crippen molar-refractivity contribution in [2.45, 2.75) is 20.0 Å². The third-order valence-corrected chi connectivity index (χ3v) is 3.19. The van der Waals surface area contributed by atoms with Crippen molar-refractivity contribution >= 4 is 16.7 Å². The zero-order valence-electron chi connectivity index (χ0n) is 13.1. The predicted octanol–water partition coefficient (Wildman–Crippen LogP) is 3.74. The predicted molar refractivity (Wildman–Crippen MR) is 86.4 cm³/mol. The Labute approximate surface area is 130 Å². The maximum absolute atomic E-state index is 11.5. The van der Waals surface area contributed by atoms with E-state index in [1.54, 1.807) is 21.0 Å². The quantitative estimate of drug-likeness (QED) is 0.602. The fraction of sp³-hybridized carbons (Fsp3) is 0.278. The van der Waals surface area contributed by atoms with E-state index in [1.165, 1.54) is 0 Å². The van der Waals surface area contributed by atoms with E-state index in [1.807, 2.05) is 36.4 Å². The van der Waals surface area contributed by atoms with E-state index >= 15 is 0 Å². The van der Waals surface area contributed by atoms with Crippen molar-refractivity contribution in [3.63, 3.8) is 0 Å². The molecule has 0 heterocycles. The van der Waals surface area contributed by atoms with Crippen LogP contribution in [0.3, 0.4) is 0 Å². The zero-order chi connectivity index (χ0) is 16.1. The van der Waals surface area contributed by atoms with Gasteiger partial charge in [0.1, 0.15) is 24.2 Å². The van der Waals surface area contributed by atoms with E-state index in [9.17, 15) is 4.79 Å². The molecular formula is C18H20O4. The Morgan fingerprint density at radius 1 is 1.14 bits per heavy atom. The Kier molecular flexibility index (Phi) is 5.04. The molecule has 2 rings (SSSR count). The fourth-order valence-corrected chi connectivity index (χ4v) is 2.07. The van der Waals surface area contributed by atoms with Crippen LogP contribution < -0.4 is 9.47 Å². The number of carbonyl (C=O) groups is 1. The van der Waals surface area contributed by atoms with E-state index in [-0.39, 0.29) is 12.7 Å². The molecule has 2 aromatic carbocycles. The van der Waals surface area contributed by atoms with Crippen LogP contribution in [-0.2, 0) is 9.53 Å². The SMILES string of the molecule is C=C(C)C(=O)OC(C)COc1ccc(OC)c2ccccc12. The Morgan fingerprint density at radius 2 is 1.73 bits per heavy atom. The van der Waals surface area contributed by atoms with Crippen molar-refractivity contribution in [3.05, 3.63) is 48.6 Å². The summed E-state index contributed by atoms with van der Waals surface area (Å²) in [5, 5.41) is 1.94. The second-order valence-corrected chi connectivity index (χ2v) is 5.12. The van der Waals surface area contributed by atoms with Gasteiger partial charge in [0.15, 0.2) is 0 Å². The van der Waals surface area contributed by atoms with Crippen LogP contribution >= 0.6 is 0 Å². The largest absolute Gasteiger partial charge is 0.496 e. The van der Waals surface area contributed by atoms with Gasteiger partial charge < -0.3 is 14.2 Å². The molecule has 0 aromatic heterocycles. The van der Waals surface area contributed by atoms with Gasteiger partial charge in [0, 0.05) is 16.3 Å². The minimum atomic E-state index is -0.407. The summed E-state index contributed by atoms with van der Waals surface area (Å²) >= 11 is 0. The maximum atomic E-state index is 11.5. The number of esters is 1. The van der Waals surface area contributed by atoms with Crippen LogP contribution in [-0.4, -0.2) is 25.8 Å². The highest BCUT2D eigenvalue weighted by atomic mass is 16.6. The first kappa shape index (κ1) is 15.9. The maximum Gasteiger partial charge on any atom is 0.333 e. The Bertz CT molecular complexity index is 691. The highest BCUT2D eigenvalue weighted by molar-refractivity contribution is 5.93. The molecule has 22 heavy (non-hydrogen) atoms. The summed E-state index contributed by atoms with van der Waals surface area (Å²) in [4.78, 5) is 11.5. The van der Waals surface area contributed by atoms with Gasteiger partial charge in [-0.15, -0.1) is 0 Å². The molecule has 0 fully saturated rings. The number of hydrogen-bond acceptors (Lipinski definition) is 4. The molecular weight excluding hydrogens is 280 g/mol. The number of rotatable bonds is 6. The van der Waals surface area contributed by atoms with Crippen LogP contribution in [0.2, 0.25) is 0 Å². The first-order chi connectivity index (χ1) is 10.5. The van der Waals surface area contributed by atoms with E-state index in [2.05, 4.69) is 6.58 Å². The van der Waals surface area contributed by atoms with Crippen molar-refractivity contribution in [1.82, 2.24) is 0 Å². The van der Waals surface area contributed by atoms with Crippen LogP contribution in [0.4, 0.5) is 0 Å². The summed E-state index contributed by atoms with van der Waals surface area (Å²) in [6.45, 7) is 7.23. The van der Waals surface area contributed by atoms with E-state index in [0.29, 0.717) is 5.57 Å². The molecule has 0 aliphatic carbocycles. The van der Waals surface area contributed by atoms with Gasteiger partial charge in [-0.25, -0.2) is 4.79 Å². The van der Waals surface area contributed by atoms with E-state index in [0.717, 1.165) is 22.3 Å². The summed E-state index contributed by atoms with van der Waals surface area (Å²) < 4.78 is 16.4. The first-order valence-corrected chi connectivity index (χ1v) is 7.08. The lowest BCUT2D eigenvalue weighted by Gasteiger charge is -2.16. The van der Waals surface area contributed by atoms with Gasteiger partial charge in [0.25, 0.3) is 0 Å². The molecule has 0 amide bonds. The average molecular weight is 300 g/mol. The lowest BCUT2D eigenvalue weighted by molar-refractivity contribution is -0.144. The smallest absolute Gasteiger partial charge is 0.333 e. The van der Waals surface area contributed by atoms with Crippen molar-refractivity contribution in [1.29, 1.82) is 0 Å². The average Bonchev–Trinajstić information content (AvgIpc) is 2.52. The van der Waals surface area contributed by atoms with Gasteiger partial charge in [0.05, 0.1) is 7.11 Å². The number of hydrogen-bond donors (Lipinski definition) is 0. The molecule has 0 saturated carbocycles. The molecule has 4 heteroatoms. The van der Waals surface area contributed by atoms with Crippen LogP contribution in [0.15, 0.2) is 48.6 Å². The van der Waals surface area contributed by atoms with Gasteiger partial charge in [-0.3, -0.25) is 0 Å². The van der Waals surface area contributed by atoms with Gasteiger partial charge in [-0.05, 0) is 26.0 Å². The highest BCUT2D eigenvalue weighted by Crippen LogP contribution is 2.32. The van der Waals surface area contributed by atoms with Gasteiger partial charge in [-0.1, -0.05) is 30.8 Å².